The number of furan rings is 1. The van der Waals surface area contributed by atoms with Gasteiger partial charge in [0.05, 0.1) is 42.0 Å². The van der Waals surface area contributed by atoms with Gasteiger partial charge in [0.1, 0.15) is 34.4 Å². The first-order valence-electron chi connectivity index (χ1n) is 9.40. The number of rotatable bonds is 6. The summed E-state index contributed by atoms with van der Waals surface area (Å²) >= 11 is 0. The lowest BCUT2D eigenvalue weighted by molar-refractivity contribution is -0.384. The molecule has 0 spiro atoms. The van der Waals surface area contributed by atoms with Crippen LogP contribution in [0.5, 0.6) is 11.5 Å². The summed E-state index contributed by atoms with van der Waals surface area (Å²) in [5.41, 5.74) is 0.0793. The number of carbonyl (C=O) groups excluding carboxylic acids is 1. The summed E-state index contributed by atoms with van der Waals surface area (Å²) in [6, 6.07) is 11.5. The molecule has 0 saturated heterocycles. The molecule has 0 aliphatic rings. The number of fused-ring (bicyclic) bond motifs is 1. The molecule has 4 aromatic rings. The maximum atomic E-state index is 13.6. The molecule has 0 atom stereocenters. The molecule has 0 aliphatic heterocycles. The van der Waals surface area contributed by atoms with Gasteiger partial charge in [-0.05, 0) is 24.3 Å². The average Bonchev–Trinajstić information content (AvgIpc) is 3.31. The third kappa shape index (κ3) is 3.55. The number of hydrogen-bond donors (Lipinski definition) is 1. The summed E-state index contributed by atoms with van der Waals surface area (Å²) < 4.78 is 17.3. The molecule has 0 unspecified atom stereocenters. The first-order valence-corrected chi connectivity index (χ1v) is 9.40. The van der Waals surface area contributed by atoms with Crippen molar-refractivity contribution in [1.82, 2.24) is 9.78 Å². The molecule has 0 radical (unpaired) electrons. The Kier molecular flexibility index (Phi) is 5.33. The summed E-state index contributed by atoms with van der Waals surface area (Å²) in [6.07, 6.45) is 1.45. The van der Waals surface area contributed by atoms with Crippen LogP contribution in [0.25, 0.3) is 16.7 Å². The van der Waals surface area contributed by atoms with Crippen LogP contribution in [0.2, 0.25) is 0 Å². The summed E-state index contributed by atoms with van der Waals surface area (Å²) in [5.74, 6) is -0.226. The third-order valence-corrected chi connectivity index (χ3v) is 4.94. The van der Waals surface area contributed by atoms with E-state index in [-0.39, 0.29) is 45.2 Å². The second kappa shape index (κ2) is 8.27. The molecular weight excluding hydrogens is 430 g/mol. The van der Waals surface area contributed by atoms with Crippen LogP contribution in [0.1, 0.15) is 21.6 Å². The Morgan fingerprint density at radius 1 is 1.21 bits per heavy atom. The first-order chi connectivity index (χ1) is 15.9. The van der Waals surface area contributed by atoms with E-state index in [4.69, 9.17) is 19.3 Å². The number of ether oxygens (including phenoxy) is 2. The van der Waals surface area contributed by atoms with Crippen LogP contribution in [-0.2, 0) is 0 Å². The average molecular weight is 445 g/mol. The normalized spacial score (nSPS) is 10.6. The number of nitrogens with zero attached hydrogens (tertiary/aromatic N) is 4. The van der Waals surface area contributed by atoms with Gasteiger partial charge in [-0.1, -0.05) is 0 Å². The van der Waals surface area contributed by atoms with Crippen LogP contribution in [0.15, 0.2) is 53.1 Å². The number of hydrogen-bond acceptors (Lipinski definition) is 9. The first kappa shape index (κ1) is 21.3. The topological polar surface area (TPSA) is 157 Å². The predicted molar refractivity (Wildman–Crippen MR) is 114 cm³/mol. The van der Waals surface area contributed by atoms with E-state index in [0.29, 0.717) is 11.0 Å². The van der Waals surface area contributed by atoms with Crippen LogP contribution in [-0.4, -0.2) is 34.7 Å². The third-order valence-electron chi connectivity index (χ3n) is 4.94. The molecule has 1 N–H and O–H groups in total. The van der Waals surface area contributed by atoms with Gasteiger partial charge in [-0.15, -0.1) is 0 Å². The monoisotopic (exact) mass is 445 g/mol. The zero-order valence-electron chi connectivity index (χ0n) is 17.4. The van der Waals surface area contributed by atoms with E-state index in [1.165, 1.54) is 50.8 Å². The lowest BCUT2D eigenvalue weighted by Gasteiger charge is -2.14. The maximum absolute atomic E-state index is 13.6. The van der Waals surface area contributed by atoms with Crippen LogP contribution in [0.3, 0.4) is 0 Å². The smallest absolute Gasteiger partial charge is 0.269 e. The van der Waals surface area contributed by atoms with Crippen molar-refractivity contribution < 1.29 is 23.6 Å². The Bertz CT molecular complexity index is 1510. The van der Waals surface area contributed by atoms with Crippen LogP contribution in [0.4, 0.5) is 5.69 Å². The van der Waals surface area contributed by atoms with E-state index in [0.717, 1.165) is 4.68 Å². The van der Waals surface area contributed by atoms with Gasteiger partial charge in [0.25, 0.3) is 5.69 Å². The lowest BCUT2D eigenvalue weighted by atomic mass is 10.0. The van der Waals surface area contributed by atoms with E-state index >= 15 is 0 Å². The van der Waals surface area contributed by atoms with E-state index in [1.807, 2.05) is 6.07 Å². The number of carbonyl (C=O) groups is 1. The minimum absolute atomic E-state index is 0.0678. The van der Waals surface area contributed by atoms with Crippen molar-refractivity contribution in [2.75, 3.05) is 14.2 Å². The van der Waals surface area contributed by atoms with E-state index in [2.05, 4.69) is 5.10 Å². The number of aromatic nitrogens is 2. The molecular formula is C22H15N5O6. The van der Waals surface area contributed by atoms with Gasteiger partial charge in [0.2, 0.25) is 5.78 Å². The highest BCUT2D eigenvalue weighted by atomic mass is 16.6. The van der Waals surface area contributed by atoms with Gasteiger partial charge >= 0.3 is 0 Å². The second-order valence-corrected chi connectivity index (χ2v) is 6.74. The molecule has 2 aromatic heterocycles. The van der Waals surface area contributed by atoms with Crippen molar-refractivity contribution in [2.45, 2.75) is 0 Å². The molecule has 2 aromatic carbocycles. The quantitative estimate of drug-likeness (QED) is 0.269. The SMILES string of the molecule is COc1cc2occc2c(OC)c1C(=O)c1cc(C#N)c(=N)n(-c2ccc([N+](=O)[O-])cc2)n1. The van der Waals surface area contributed by atoms with Gasteiger partial charge in [-0.25, -0.2) is 4.68 Å². The Morgan fingerprint density at radius 3 is 2.55 bits per heavy atom. The van der Waals surface area contributed by atoms with Crippen molar-refractivity contribution in [1.29, 1.82) is 10.7 Å². The van der Waals surface area contributed by atoms with Gasteiger partial charge in [-0.3, -0.25) is 20.3 Å². The Hall–Kier alpha value is -4.98. The molecule has 4 rings (SSSR count). The molecule has 11 nitrogen and oxygen atoms in total. The Balaban J connectivity index is 1.93. The fraction of sp³-hybridized carbons (Fsp3) is 0.0909. The number of nitrogens with one attached hydrogen (secondary N) is 1. The summed E-state index contributed by atoms with van der Waals surface area (Å²) in [6.45, 7) is 0. The molecule has 0 bridgehead atoms. The van der Waals surface area contributed by atoms with Gasteiger partial charge < -0.3 is 13.9 Å². The van der Waals surface area contributed by atoms with Gasteiger partial charge in [-0.2, -0.15) is 10.4 Å². The minimum atomic E-state index is -0.612. The minimum Gasteiger partial charge on any atom is -0.496 e. The molecule has 0 aliphatic carbocycles. The highest BCUT2D eigenvalue weighted by Crippen LogP contribution is 2.38. The Labute approximate surface area is 185 Å². The van der Waals surface area contributed by atoms with Crippen molar-refractivity contribution in [3.05, 3.63) is 81.2 Å². The molecule has 11 heteroatoms. The van der Waals surface area contributed by atoms with Crippen molar-refractivity contribution in [3.8, 4) is 23.3 Å². The summed E-state index contributed by atoms with van der Waals surface area (Å²) in [5, 5.41) is 33.5. The standard InChI is InChI=1S/C22H15N5O6/c1-31-18-10-17-15(7-8-33-17)21(32-2)19(18)20(28)16-9-12(11-23)22(24)26(25-16)13-3-5-14(6-4-13)27(29)30/h3-10,24H,1-2H3. The van der Waals surface area contributed by atoms with Crippen molar-refractivity contribution in [3.63, 3.8) is 0 Å². The number of methoxy groups -OCH3 is 2. The molecule has 0 amide bonds. The summed E-state index contributed by atoms with van der Waals surface area (Å²) in [7, 11) is 2.79. The number of nitro groups is 1. The fourth-order valence-corrected chi connectivity index (χ4v) is 3.38. The van der Waals surface area contributed by atoms with Crippen LogP contribution >= 0.6 is 0 Å². The van der Waals surface area contributed by atoms with Gasteiger partial charge in [0.15, 0.2) is 5.49 Å². The highest BCUT2D eigenvalue weighted by molar-refractivity contribution is 6.14. The Morgan fingerprint density at radius 2 is 1.94 bits per heavy atom. The highest BCUT2D eigenvalue weighted by Gasteiger charge is 2.26. The summed E-state index contributed by atoms with van der Waals surface area (Å²) in [4.78, 5) is 23.9. The van der Waals surface area contributed by atoms with Crippen LogP contribution in [0, 0.1) is 26.9 Å². The molecule has 164 valence electrons. The van der Waals surface area contributed by atoms with E-state index < -0.39 is 10.7 Å². The number of non-ortho nitro benzene ring substituents is 1. The lowest BCUT2D eigenvalue weighted by Crippen LogP contribution is -2.26. The van der Waals surface area contributed by atoms with E-state index in [9.17, 15) is 20.2 Å². The maximum Gasteiger partial charge on any atom is 0.269 e. The zero-order chi connectivity index (χ0) is 23.7. The number of nitro benzene ring substituents is 1. The molecule has 0 saturated carbocycles. The van der Waals surface area contributed by atoms with Gasteiger partial charge in [0, 0.05) is 18.2 Å². The second-order valence-electron chi connectivity index (χ2n) is 6.74. The fourth-order valence-electron chi connectivity index (χ4n) is 3.38. The number of benzene rings is 2. The molecule has 2 heterocycles. The largest absolute Gasteiger partial charge is 0.496 e. The van der Waals surface area contributed by atoms with Crippen molar-refractivity contribution >= 4 is 22.4 Å². The van der Waals surface area contributed by atoms with E-state index in [1.54, 1.807) is 12.1 Å². The number of ketones is 1. The predicted octanol–water partition coefficient (Wildman–Crippen LogP) is 3.13. The zero-order valence-corrected chi connectivity index (χ0v) is 17.4. The van der Waals surface area contributed by atoms with Crippen molar-refractivity contribution in [2.24, 2.45) is 0 Å². The molecule has 33 heavy (non-hydrogen) atoms. The number of nitriles is 1. The molecule has 0 fully saturated rings. The van der Waals surface area contributed by atoms with Crippen LogP contribution < -0.4 is 15.0 Å².